The van der Waals surface area contributed by atoms with E-state index in [0.29, 0.717) is 50.3 Å². The Labute approximate surface area is 355 Å². The summed E-state index contributed by atoms with van der Waals surface area (Å²) in [6.07, 6.45) is 0. The van der Waals surface area contributed by atoms with E-state index in [0.717, 1.165) is 71.4 Å². The van der Waals surface area contributed by atoms with Gasteiger partial charge in [0.1, 0.15) is 11.6 Å². The van der Waals surface area contributed by atoms with E-state index in [1.165, 1.54) is 0 Å². The zero-order valence-electron chi connectivity index (χ0n) is 32.6. The van der Waals surface area contributed by atoms with Gasteiger partial charge in [0.25, 0.3) is 0 Å². The maximum atomic E-state index is 11.6. The van der Waals surface area contributed by atoms with Gasteiger partial charge in [0.2, 0.25) is 0 Å². The van der Waals surface area contributed by atoms with Crippen molar-refractivity contribution < 1.29 is 0 Å². The summed E-state index contributed by atoms with van der Waals surface area (Å²) < 4.78 is 4.21. The molecule has 0 atom stereocenters. The molecule has 0 radical (unpaired) electrons. The van der Waals surface area contributed by atoms with Gasteiger partial charge >= 0.3 is 0 Å². The molecule has 10 aromatic rings. The molecule has 0 aliphatic heterocycles. The fourth-order valence-corrected chi connectivity index (χ4v) is 8.75. The summed E-state index contributed by atoms with van der Waals surface area (Å²) in [5, 5.41) is 64.7. The lowest BCUT2D eigenvalue weighted by Gasteiger charge is -2.20. The van der Waals surface area contributed by atoms with Gasteiger partial charge in [-0.05, 0) is 107 Å². The molecule has 2 heterocycles. The lowest BCUT2D eigenvalue weighted by atomic mass is 9.96. The van der Waals surface area contributed by atoms with E-state index in [2.05, 4.69) is 57.7 Å². The van der Waals surface area contributed by atoms with Crippen molar-refractivity contribution in [3.8, 4) is 81.2 Å². The quantitative estimate of drug-likeness (QED) is 0.169. The van der Waals surface area contributed by atoms with Gasteiger partial charge in [0, 0.05) is 27.1 Å². The zero-order chi connectivity index (χ0) is 42.5. The number of hydrogen-bond donors (Lipinski definition) is 0. The second-order valence-corrected chi connectivity index (χ2v) is 14.9. The van der Waals surface area contributed by atoms with Crippen LogP contribution >= 0.6 is 0 Å². The first-order valence-electron chi connectivity index (χ1n) is 19.5. The number of aromatic nitrogens is 2. The van der Waals surface area contributed by atoms with Crippen LogP contribution in [0.2, 0.25) is 0 Å². The van der Waals surface area contributed by atoms with Gasteiger partial charge in [0.05, 0.1) is 91.6 Å². The smallest absolute Gasteiger partial charge is 0.104 e. The molecular formula is C54H26N8. The van der Waals surface area contributed by atoms with Crippen LogP contribution in [0.15, 0.2) is 158 Å². The molecule has 8 nitrogen and oxygen atoms in total. The number of fused-ring (bicyclic) bond motifs is 6. The summed E-state index contributed by atoms with van der Waals surface area (Å²) in [7, 11) is 0. The van der Waals surface area contributed by atoms with Gasteiger partial charge in [-0.15, -0.1) is 0 Å². The van der Waals surface area contributed by atoms with Crippen molar-refractivity contribution in [2.75, 3.05) is 0 Å². The number of para-hydroxylation sites is 2. The van der Waals surface area contributed by atoms with Crippen LogP contribution in [-0.2, 0) is 0 Å². The topological polar surface area (TPSA) is 153 Å². The molecule has 0 saturated carbocycles. The summed E-state index contributed by atoms with van der Waals surface area (Å²) in [4.78, 5) is 0. The number of benzene rings is 8. The second-order valence-electron chi connectivity index (χ2n) is 14.9. The fourth-order valence-electron chi connectivity index (χ4n) is 8.75. The third-order valence-electron chi connectivity index (χ3n) is 11.4. The molecule has 0 unspecified atom stereocenters. The molecule has 8 heteroatoms. The van der Waals surface area contributed by atoms with Crippen LogP contribution < -0.4 is 0 Å². The summed E-state index contributed by atoms with van der Waals surface area (Å²) in [5.74, 6) is 0. The van der Waals surface area contributed by atoms with E-state index in [1.54, 1.807) is 42.5 Å². The Balaban J connectivity index is 1.33. The Kier molecular flexibility index (Phi) is 8.62. The molecule has 10 rings (SSSR count). The third-order valence-corrected chi connectivity index (χ3v) is 11.4. The van der Waals surface area contributed by atoms with Crippen molar-refractivity contribution in [3.63, 3.8) is 0 Å². The van der Waals surface area contributed by atoms with Crippen LogP contribution in [0.5, 0.6) is 0 Å². The second kappa shape index (κ2) is 14.6. The highest BCUT2D eigenvalue weighted by atomic mass is 15.0. The summed E-state index contributed by atoms with van der Waals surface area (Å²) in [6, 6.07) is 63.3. The van der Waals surface area contributed by atoms with Crippen molar-refractivity contribution in [1.29, 1.82) is 31.6 Å². The molecule has 0 amide bonds. The average Bonchev–Trinajstić information content (AvgIpc) is 3.84. The molecular weight excluding hydrogens is 761 g/mol. The van der Waals surface area contributed by atoms with Gasteiger partial charge in [-0.1, -0.05) is 78.9 Å². The van der Waals surface area contributed by atoms with Gasteiger partial charge in [0.15, 0.2) is 0 Å². The fraction of sp³-hybridized carbons (Fsp3) is 0. The Morgan fingerprint density at radius 2 is 0.774 bits per heavy atom. The largest absolute Gasteiger partial charge is 0.308 e. The number of rotatable bonds is 5. The van der Waals surface area contributed by atoms with Crippen LogP contribution in [0.1, 0.15) is 33.4 Å². The third kappa shape index (κ3) is 5.79. The van der Waals surface area contributed by atoms with E-state index in [9.17, 15) is 31.6 Å². The first kappa shape index (κ1) is 36.6. The highest BCUT2D eigenvalue weighted by Crippen LogP contribution is 2.43. The standard InChI is InChI=1S/C54H26N8/c55-27-33-6-5-7-40(20-33)43-16-17-51(61-49-10-3-1-8-44(49)46-14-12-38(25-52(46)61)41-21-34(28-56)18-35(22-41)29-57)48(32-60)54(43)62-50-11-4-2-9-45(50)47-15-13-39(26-53(47)62)42-23-36(30-58)19-37(24-42)31-59/h1-26H. The molecule has 62 heavy (non-hydrogen) atoms. The maximum absolute atomic E-state index is 11.6. The van der Waals surface area contributed by atoms with Gasteiger partial charge in [-0.2, -0.15) is 31.6 Å². The summed E-state index contributed by atoms with van der Waals surface area (Å²) in [6.45, 7) is 0. The average molecular weight is 787 g/mol. The Morgan fingerprint density at radius 3 is 1.29 bits per heavy atom. The first-order valence-corrected chi connectivity index (χ1v) is 19.5. The van der Waals surface area contributed by atoms with Gasteiger partial charge in [-0.3, -0.25) is 0 Å². The predicted molar refractivity (Wildman–Crippen MR) is 240 cm³/mol. The molecule has 0 saturated heterocycles. The van der Waals surface area contributed by atoms with Crippen molar-refractivity contribution in [2.45, 2.75) is 0 Å². The predicted octanol–water partition coefficient (Wildman–Crippen LogP) is 12.1. The Hall–Kier alpha value is -9.70. The molecule has 0 fully saturated rings. The molecule has 0 spiro atoms. The molecule has 0 bridgehead atoms. The van der Waals surface area contributed by atoms with Crippen LogP contribution in [-0.4, -0.2) is 9.13 Å². The Morgan fingerprint density at radius 1 is 0.306 bits per heavy atom. The highest BCUT2D eigenvalue weighted by Gasteiger charge is 2.25. The normalized spacial score (nSPS) is 10.8. The minimum Gasteiger partial charge on any atom is -0.308 e. The van der Waals surface area contributed by atoms with E-state index < -0.39 is 0 Å². The van der Waals surface area contributed by atoms with Crippen LogP contribution in [0.25, 0.3) is 88.4 Å². The van der Waals surface area contributed by atoms with E-state index in [4.69, 9.17) is 0 Å². The number of nitrogens with zero attached hydrogens (tertiary/aromatic N) is 8. The van der Waals surface area contributed by atoms with Crippen molar-refractivity contribution >= 4 is 43.6 Å². The monoisotopic (exact) mass is 786 g/mol. The molecule has 0 aliphatic carbocycles. The van der Waals surface area contributed by atoms with Gasteiger partial charge < -0.3 is 9.13 Å². The van der Waals surface area contributed by atoms with Crippen LogP contribution in [0.3, 0.4) is 0 Å². The first-order chi connectivity index (χ1) is 30.4. The Bertz CT molecular complexity index is 3770. The minimum atomic E-state index is 0.372. The molecule has 0 aliphatic rings. The maximum Gasteiger partial charge on any atom is 0.104 e. The molecule has 0 N–H and O–H groups in total. The molecule has 8 aromatic carbocycles. The lowest BCUT2D eigenvalue weighted by molar-refractivity contribution is 1.12. The zero-order valence-corrected chi connectivity index (χ0v) is 32.6. The summed E-state index contributed by atoms with van der Waals surface area (Å²) in [5.41, 5.74) is 11.4. The molecule has 2 aromatic heterocycles. The van der Waals surface area contributed by atoms with Crippen LogP contribution in [0.4, 0.5) is 0 Å². The van der Waals surface area contributed by atoms with E-state index >= 15 is 0 Å². The number of hydrogen-bond acceptors (Lipinski definition) is 6. The van der Waals surface area contributed by atoms with Crippen molar-refractivity contribution in [2.24, 2.45) is 0 Å². The van der Waals surface area contributed by atoms with Crippen molar-refractivity contribution in [3.05, 3.63) is 191 Å². The van der Waals surface area contributed by atoms with Gasteiger partial charge in [-0.25, -0.2) is 0 Å². The van der Waals surface area contributed by atoms with Crippen molar-refractivity contribution in [1.82, 2.24) is 9.13 Å². The minimum absolute atomic E-state index is 0.372. The number of nitriles is 6. The summed E-state index contributed by atoms with van der Waals surface area (Å²) >= 11 is 0. The van der Waals surface area contributed by atoms with E-state index in [-0.39, 0.29) is 0 Å². The van der Waals surface area contributed by atoms with E-state index in [1.807, 2.05) is 103 Å². The highest BCUT2D eigenvalue weighted by molar-refractivity contribution is 6.12. The lowest BCUT2D eigenvalue weighted by Crippen LogP contribution is -2.06. The van der Waals surface area contributed by atoms with Crippen LogP contribution in [0, 0.1) is 68.0 Å². The SMILES string of the molecule is N#Cc1cc(C#N)cc(-c2ccc3c4ccccc4n(-c4ccc(-c5cccc(C#N)c5)c(-n5c6ccccc6c6ccc(-c7cc(C#N)cc(C#N)c7)cc65)c4C#N)c3c2)c1. The molecule has 282 valence electrons.